The molecule has 0 saturated heterocycles. The lowest BCUT2D eigenvalue weighted by Gasteiger charge is -2.07. The van der Waals surface area contributed by atoms with E-state index in [-0.39, 0.29) is 5.91 Å². The maximum atomic E-state index is 10.8. The van der Waals surface area contributed by atoms with Crippen molar-refractivity contribution in [2.24, 2.45) is 5.92 Å². The van der Waals surface area contributed by atoms with Crippen molar-refractivity contribution >= 4 is 5.91 Å². The Balaban J connectivity index is 2.61. The highest BCUT2D eigenvalue weighted by Crippen LogP contribution is 2.10. The van der Waals surface area contributed by atoms with Gasteiger partial charge in [-0.2, -0.15) is 0 Å². The Morgan fingerprint density at radius 2 is 2.00 bits per heavy atom. The average Bonchev–Trinajstić information content (AvgIpc) is 2.14. The summed E-state index contributed by atoms with van der Waals surface area (Å²) in [5.41, 5.74) is 2.51. The van der Waals surface area contributed by atoms with E-state index in [4.69, 9.17) is 0 Å². The van der Waals surface area contributed by atoms with E-state index in [1.165, 1.54) is 18.1 Å². The number of benzene rings is 1. The second-order valence-corrected chi connectivity index (χ2v) is 4.33. The fourth-order valence-electron chi connectivity index (χ4n) is 1.56. The van der Waals surface area contributed by atoms with E-state index in [1.54, 1.807) is 0 Å². The number of carbonyl (C=O) groups excluding carboxylic acids is 1. The summed E-state index contributed by atoms with van der Waals surface area (Å²) in [7, 11) is 0. The van der Waals surface area contributed by atoms with Crippen molar-refractivity contribution < 1.29 is 4.79 Å². The largest absolute Gasteiger partial charge is 0.352 e. The van der Waals surface area contributed by atoms with Gasteiger partial charge in [-0.25, -0.2) is 0 Å². The van der Waals surface area contributed by atoms with Gasteiger partial charge in [0, 0.05) is 13.5 Å². The summed E-state index contributed by atoms with van der Waals surface area (Å²) in [6, 6.07) is 8.39. The second kappa shape index (κ2) is 5.54. The second-order valence-electron chi connectivity index (χ2n) is 4.33. The van der Waals surface area contributed by atoms with Crippen LogP contribution < -0.4 is 5.32 Å². The summed E-state index contributed by atoms with van der Waals surface area (Å²) in [5, 5.41) is 2.80. The van der Waals surface area contributed by atoms with Gasteiger partial charge in [0.1, 0.15) is 0 Å². The molecule has 0 spiro atoms. The van der Waals surface area contributed by atoms with E-state index in [9.17, 15) is 4.79 Å². The van der Waals surface area contributed by atoms with Gasteiger partial charge in [0.15, 0.2) is 0 Å². The average molecular weight is 205 g/mol. The van der Waals surface area contributed by atoms with Crippen LogP contribution in [0.25, 0.3) is 0 Å². The predicted molar refractivity (Wildman–Crippen MR) is 62.5 cm³/mol. The smallest absolute Gasteiger partial charge is 0.217 e. The van der Waals surface area contributed by atoms with Gasteiger partial charge in [-0.3, -0.25) is 4.79 Å². The normalized spacial score (nSPS) is 10.4. The van der Waals surface area contributed by atoms with E-state index >= 15 is 0 Å². The standard InChI is InChI=1S/C13H19NO/c1-10(2)7-12-5-4-6-13(8-12)9-14-11(3)15/h4-6,8,10H,7,9H2,1-3H3,(H,14,15). The molecule has 2 nitrogen and oxygen atoms in total. The summed E-state index contributed by atoms with van der Waals surface area (Å²) < 4.78 is 0. The van der Waals surface area contributed by atoms with E-state index in [1.807, 2.05) is 6.07 Å². The lowest BCUT2D eigenvalue weighted by Crippen LogP contribution is -2.18. The molecule has 0 heterocycles. The molecule has 0 aliphatic rings. The highest BCUT2D eigenvalue weighted by Gasteiger charge is 1.99. The summed E-state index contributed by atoms with van der Waals surface area (Å²) in [6.45, 7) is 6.58. The first kappa shape index (κ1) is 11.8. The Morgan fingerprint density at radius 1 is 1.33 bits per heavy atom. The molecule has 0 radical (unpaired) electrons. The fraction of sp³-hybridized carbons (Fsp3) is 0.462. The Hall–Kier alpha value is -1.31. The number of carbonyl (C=O) groups is 1. The Bertz CT molecular complexity index is 331. The van der Waals surface area contributed by atoms with Gasteiger partial charge in [0.05, 0.1) is 0 Å². The van der Waals surface area contributed by atoms with Crippen LogP contribution in [0.2, 0.25) is 0 Å². The molecule has 0 saturated carbocycles. The summed E-state index contributed by atoms with van der Waals surface area (Å²) >= 11 is 0. The number of amides is 1. The van der Waals surface area contributed by atoms with Crippen molar-refractivity contribution in [3.05, 3.63) is 35.4 Å². The fourth-order valence-corrected chi connectivity index (χ4v) is 1.56. The molecule has 0 aliphatic carbocycles. The van der Waals surface area contributed by atoms with Crippen LogP contribution in [0.4, 0.5) is 0 Å². The van der Waals surface area contributed by atoms with Crippen LogP contribution >= 0.6 is 0 Å². The highest BCUT2D eigenvalue weighted by molar-refractivity contribution is 5.72. The number of hydrogen-bond donors (Lipinski definition) is 1. The topological polar surface area (TPSA) is 29.1 Å². The van der Waals surface area contributed by atoms with E-state index in [2.05, 4.69) is 37.4 Å². The van der Waals surface area contributed by atoms with Crippen molar-refractivity contribution in [1.29, 1.82) is 0 Å². The molecule has 0 aliphatic heterocycles. The Kier molecular flexibility index (Phi) is 4.35. The molecule has 1 aromatic rings. The molecule has 15 heavy (non-hydrogen) atoms. The molecular formula is C13H19NO. The number of hydrogen-bond acceptors (Lipinski definition) is 1. The van der Waals surface area contributed by atoms with Crippen LogP contribution in [-0.2, 0) is 17.8 Å². The molecular weight excluding hydrogens is 186 g/mol. The van der Waals surface area contributed by atoms with Crippen molar-refractivity contribution in [2.45, 2.75) is 33.7 Å². The SMILES string of the molecule is CC(=O)NCc1cccc(CC(C)C)c1. The van der Waals surface area contributed by atoms with E-state index < -0.39 is 0 Å². The lowest BCUT2D eigenvalue weighted by molar-refractivity contribution is -0.119. The van der Waals surface area contributed by atoms with Crippen molar-refractivity contribution in [1.82, 2.24) is 5.32 Å². The van der Waals surface area contributed by atoms with E-state index in [0.717, 1.165) is 6.42 Å². The molecule has 1 N–H and O–H groups in total. The lowest BCUT2D eigenvalue weighted by atomic mass is 10.0. The molecule has 0 unspecified atom stereocenters. The number of rotatable bonds is 4. The van der Waals surface area contributed by atoms with Gasteiger partial charge in [-0.15, -0.1) is 0 Å². The van der Waals surface area contributed by atoms with E-state index in [0.29, 0.717) is 12.5 Å². The van der Waals surface area contributed by atoms with Gasteiger partial charge < -0.3 is 5.32 Å². The third-order valence-electron chi connectivity index (χ3n) is 2.18. The van der Waals surface area contributed by atoms with Gasteiger partial charge in [0.25, 0.3) is 0 Å². The quantitative estimate of drug-likeness (QED) is 0.804. The first-order valence-corrected chi connectivity index (χ1v) is 5.40. The van der Waals surface area contributed by atoms with Crippen molar-refractivity contribution in [2.75, 3.05) is 0 Å². The molecule has 0 atom stereocenters. The van der Waals surface area contributed by atoms with Gasteiger partial charge in [-0.1, -0.05) is 38.1 Å². The van der Waals surface area contributed by atoms with Crippen LogP contribution in [0.1, 0.15) is 31.9 Å². The Labute approximate surface area is 91.7 Å². The molecule has 0 fully saturated rings. The predicted octanol–water partition coefficient (Wildman–Crippen LogP) is 2.52. The maximum Gasteiger partial charge on any atom is 0.217 e. The minimum atomic E-state index is 0.0178. The zero-order chi connectivity index (χ0) is 11.3. The monoisotopic (exact) mass is 205 g/mol. The zero-order valence-electron chi connectivity index (χ0n) is 9.71. The highest BCUT2D eigenvalue weighted by atomic mass is 16.1. The molecule has 1 amide bonds. The van der Waals surface area contributed by atoms with Crippen LogP contribution in [0.15, 0.2) is 24.3 Å². The molecule has 0 bridgehead atoms. The summed E-state index contributed by atoms with van der Waals surface area (Å²) in [4.78, 5) is 10.8. The molecule has 2 heteroatoms. The van der Waals surface area contributed by atoms with Gasteiger partial charge >= 0.3 is 0 Å². The van der Waals surface area contributed by atoms with Gasteiger partial charge in [0.2, 0.25) is 5.91 Å². The third-order valence-corrected chi connectivity index (χ3v) is 2.18. The van der Waals surface area contributed by atoms with Crippen molar-refractivity contribution in [3.8, 4) is 0 Å². The van der Waals surface area contributed by atoms with Crippen LogP contribution in [0, 0.1) is 5.92 Å². The molecule has 0 aromatic heterocycles. The maximum absolute atomic E-state index is 10.8. The minimum Gasteiger partial charge on any atom is -0.352 e. The minimum absolute atomic E-state index is 0.0178. The zero-order valence-corrected chi connectivity index (χ0v) is 9.71. The van der Waals surface area contributed by atoms with Crippen molar-refractivity contribution in [3.63, 3.8) is 0 Å². The molecule has 82 valence electrons. The van der Waals surface area contributed by atoms with Gasteiger partial charge in [-0.05, 0) is 23.5 Å². The van der Waals surface area contributed by atoms with Crippen LogP contribution in [0.5, 0.6) is 0 Å². The Morgan fingerprint density at radius 3 is 2.60 bits per heavy atom. The number of nitrogens with one attached hydrogen (secondary N) is 1. The third kappa shape index (κ3) is 4.63. The molecule has 1 rings (SSSR count). The summed E-state index contributed by atoms with van der Waals surface area (Å²) in [5.74, 6) is 0.685. The van der Waals surface area contributed by atoms with Crippen LogP contribution in [-0.4, -0.2) is 5.91 Å². The first-order valence-electron chi connectivity index (χ1n) is 5.40. The summed E-state index contributed by atoms with van der Waals surface area (Å²) in [6.07, 6.45) is 1.09. The van der Waals surface area contributed by atoms with Crippen LogP contribution in [0.3, 0.4) is 0 Å². The first-order chi connectivity index (χ1) is 7.08. The molecule has 1 aromatic carbocycles.